The maximum atomic E-state index is 2.84. The molecule has 1 aromatic heterocycles. The summed E-state index contributed by atoms with van der Waals surface area (Å²) < 4.78 is 1.37. The van der Waals surface area contributed by atoms with Crippen LogP contribution in [0.1, 0.15) is 208 Å². The van der Waals surface area contributed by atoms with Crippen molar-refractivity contribution in [2.75, 3.05) is 9.80 Å². The van der Waals surface area contributed by atoms with Crippen LogP contribution in [0.5, 0.6) is 0 Å². The molecule has 0 spiro atoms. The zero-order chi connectivity index (χ0) is 56.2. The van der Waals surface area contributed by atoms with Crippen LogP contribution in [-0.4, -0.2) is 14.8 Å². The SMILES string of the molecule is CC(C)(C)c1cc2c3c(c1)N(c1ccc4c(c1)C(C)(C)CCC4(C)C)c1sc4ccc(C(C)(C)C)cc4c1B3c1cc3c(cc1N2c1cc2c(cc1-c1ccc([Si](C)(C)C)cc1)C(C)(C)CCC2(C)C)C(C)(C)CCC3(C)C. The summed E-state index contributed by atoms with van der Waals surface area (Å²) in [6.45, 7) is 52.0. The monoisotopic (exact) mass is 1070 g/mol. The number of nitrogens with zero attached hydrogens (tertiary/aromatic N) is 2. The molecule has 2 nitrogen and oxygen atoms in total. The van der Waals surface area contributed by atoms with E-state index in [1.807, 2.05) is 11.3 Å². The van der Waals surface area contributed by atoms with Crippen molar-refractivity contribution >= 4 is 91.2 Å². The van der Waals surface area contributed by atoms with E-state index in [9.17, 15) is 0 Å². The zero-order valence-corrected chi connectivity index (χ0v) is 53.7. The minimum atomic E-state index is -1.57. The van der Waals surface area contributed by atoms with Crippen molar-refractivity contribution < 1.29 is 0 Å². The Balaban J connectivity index is 1.27. The smallest absolute Gasteiger partial charge is 0.254 e. The van der Waals surface area contributed by atoms with Crippen LogP contribution < -0.4 is 31.4 Å². The van der Waals surface area contributed by atoms with Crippen LogP contribution in [0, 0.1) is 0 Å². The number of thiophene rings is 1. The Morgan fingerprint density at radius 2 is 0.910 bits per heavy atom. The molecule has 5 heteroatoms. The van der Waals surface area contributed by atoms with E-state index in [0.717, 1.165) is 6.42 Å². The molecule has 3 heterocycles. The van der Waals surface area contributed by atoms with Gasteiger partial charge in [0.05, 0.1) is 18.8 Å². The Morgan fingerprint density at radius 3 is 1.44 bits per heavy atom. The summed E-state index contributed by atoms with van der Waals surface area (Å²) >= 11 is 2.02. The minimum absolute atomic E-state index is 0.00661. The molecular formula is C73H91BN2SSi. The predicted octanol–water partition coefficient (Wildman–Crippen LogP) is 18.8. The highest BCUT2D eigenvalue weighted by Gasteiger charge is 2.50. The first kappa shape index (κ1) is 53.8. The van der Waals surface area contributed by atoms with E-state index in [4.69, 9.17) is 0 Å². The van der Waals surface area contributed by atoms with E-state index >= 15 is 0 Å². The van der Waals surface area contributed by atoms with Gasteiger partial charge in [-0.05, 0) is 202 Å². The Hall–Kier alpha value is -4.84. The van der Waals surface area contributed by atoms with Crippen molar-refractivity contribution in [3.05, 3.63) is 142 Å². The molecule has 0 amide bonds. The topological polar surface area (TPSA) is 6.48 Å². The van der Waals surface area contributed by atoms with Crippen molar-refractivity contribution in [2.45, 2.75) is 226 Å². The molecule has 6 aromatic carbocycles. The van der Waals surface area contributed by atoms with Crippen molar-refractivity contribution in [3.63, 3.8) is 0 Å². The Labute approximate surface area is 477 Å². The van der Waals surface area contributed by atoms with E-state index in [-0.39, 0.29) is 50.0 Å². The molecule has 0 bridgehead atoms. The molecule has 0 saturated heterocycles. The van der Waals surface area contributed by atoms with Gasteiger partial charge in [0, 0.05) is 33.0 Å². The Kier molecular flexibility index (Phi) is 11.6. The van der Waals surface area contributed by atoms with Crippen LogP contribution in [-0.2, 0) is 43.3 Å². The number of hydrogen-bond acceptors (Lipinski definition) is 3. The number of hydrogen-bond donors (Lipinski definition) is 0. The minimum Gasteiger partial charge on any atom is -0.311 e. The van der Waals surface area contributed by atoms with Gasteiger partial charge in [-0.15, -0.1) is 11.3 Å². The fraction of sp³-hybridized carbons (Fsp3) is 0.479. The first-order valence-electron chi connectivity index (χ1n) is 30.0. The zero-order valence-electron chi connectivity index (χ0n) is 51.9. The molecule has 0 atom stereocenters. The molecule has 0 radical (unpaired) electrons. The molecule has 406 valence electrons. The average Bonchev–Trinajstić information content (AvgIpc) is 3.93. The van der Waals surface area contributed by atoms with Crippen molar-refractivity contribution in [2.24, 2.45) is 0 Å². The van der Waals surface area contributed by atoms with Gasteiger partial charge in [0.15, 0.2) is 0 Å². The summed E-state index contributed by atoms with van der Waals surface area (Å²) in [6.07, 6.45) is 7.05. The van der Waals surface area contributed by atoms with Gasteiger partial charge < -0.3 is 9.80 Å². The summed E-state index contributed by atoms with van der Waals surface area (Å²) in [7, 11) is -1.57. The molecule has 0 fully saturated rings. The highest BCUT2D eigenvalue weighted by atomic mass is 32.1. The lowest BCUT2D eigenvalue weighted by molar-refractivity contribution is 0.332. The summed E-state index contributed by atoms with van der Waals surface area (Å²) in [6, 6.07) is 41.2. The predicted molar refractivity (Wildman–Crippen MR) is 348 cm³/mol. The van der Waals surface area contributed by atoms with Crippen LogP contribution >= 0.6 is 11.3 Å². The van der Waals surface area contributed by atoms with Crippen LogP contribution in [0.15, 0.2) is 97.1 Å². The third-order valence-electron chi connectivity index (χ3n) is 20.8. The Bertz CT molecular complexity index is 3650. The van der Waals surface area contributed by atoms with Crippen molar-refractivity contribution in [3.8, 4) is 11.1 Å². The van der Waals surface area contributed by atoms with Crippen LogP contribution in [0.2, 0.25) is 19.6 Å². The molecular weight excluding hydrogens is 976 g/mol. The largest absolute Gasteiger partial charge is 0.311 e. The van der Waals surface area contributed by atoms with Gasteiger partial charge in [-0.1, -0.05) is 198 Å². The fourth-order valence-corrected chi connectivity index (χ4v) is 17.3. The molecule has 78 heavy (non-hydrogen) atoms. The summed E-state index contributed by atoms with van der Waals surface area (Å²) in [5, 5.41) is 4.28. The molecule has 0 saturated carbocycles. The maximum Gasteiger partial charge on any atom is 0.254 e. The van der Waals surface area contributed by atoms with Gasteiger partial charge in [0.2, 0.25) is 0 Å². The fourth-order valence-electron chi connectivity index (χ4n) is 14.9. The summed E-state index contributed by atoms with van der Waals surface area (Å²) in [5.41, 5.74) is 25.6. The van der Waals surface area contributed by atoms with Gasteiger partial charge in [-0.2, -0.15) is 0 Å². The average molecular weight is 1070 g/mol. The van der Waals surface area contributed by atoms with Gasteiger partial charge in [0.25, 0.3) is 6.71 Å². The van der Waals surface area contributed by atoms with E-state index < -0.39 is 8.07 Å². The lowest BCUT2D eigenvalue weighted by atomic mass is 9.33. The quantitative estimate of drug-likeness (QED) is 0.162. The first-order valence-corrected chi connectivity index (χ1v) is 34.3. The molecule has 0 unspecified atom stereocenters. The Morgan fingerprint density at radius 1 is 0.436 bits per heavy atom. The van der Waals surface area contributed by atoms with E-state index in [0.29, 0.717) is 0 Å². The van der Waals surface area contributed by atoms with Crippen molar-refractivity contribution in [1.29, 1.82) is 0 Å². The normalized spacial score (nSPS) is 20.1. The van der Waals surface area contributed by atoms with Gasteiger partial charge in [0.1, 0.15) is 0 Å². The highest BCUT2D eigenvalue weighted by Crippen LogP contribution is 2.57. The maximum absolute atomic E-state index is 2.84. The molecule has 12 rings (SSSR count). The molecule has 3 aliphatic carbocycles. The third-order valence-corrected chi connectivity index (χ3v) is 24.0. The number of rotatable bonds is 4. The van der Waals surface area contributed by atoms with Crippen LogP contribution in [0.25, 0.3) is 21.2 Å². The molecule has 2 aliphatic heterocycles. The second kappa shape index (κ2) is 16.9. The summed E-state index contributed by atoms with van der Waals surface area (Å²) in [4.78, 5) is 5.61. The second-order valence-electron chi connectivity index (χ2n) is 32.3. The van der Waals surface area contributed by atoms with E-state index in [1.54, 1.807) is 0 Å². The van der Waals surface area contributed by atoms with E-state index in [1.165, 1.54) is 153 Å². The van der Waals surface area contributed by atoms with Gasteiger partial charge in [-0.3, -0.25) is 0 Å². The molecule has 5 aliphatic rings. The molecule has 0 N–H and O–H groups in total. The summed E-state index contributed by atoms with van der Waals surface area (Å²) in [5.74, 6) is 0. The highest BCUT2D eigenvalue weighted by molar-refractivity contribution is 7.26. The number of anilines is 6. The number of benzene rings is 6. The van der Waals surface area contributed by atoms with Crippen LogP contribution in [0.3, 0.4) is 0 Å². The first-order chi connectivity index (χ1) is 36.0. The third kappa shape index (κ3) is 8.24. The number of fused-ring (bicyclic) bond motifs is 9. The second-order valence-corrected chi connectivity index (χ2v) is 38.4. The van der Waals surface area contributed by atoms with E-state index in [2.05, 4.69) is 251 Å². The standard InChI is InChI=1S/C73H91BN2SSi/c1-66(2,3)45-24-29-62-50(36-45)63-65(77-62)75(47-25-28-51-52(39-47)69(9,10)31-30-68(51,7)8)60-37-46(67(4,5)6)38-61-64(60)74(63)57-41-54-56(73(17,18)35-33-71(54,13)14)43-59(57)76(61)58-42-55-53(70(11,12)32-34-72(55,15)16)40-49(58)44-22-26-48(27-23-44)78(19,20)21/h22-29,36-43H,30-35H2,1-21H3. The molecule has 7 aromatic rings. The van der Waals surface area contributed by atoms with Crippen LogP contribution in [0.4, 0.5) is 33.4 Å². The van der Waals surface area contributed by atoms with Gasteiger partial charge >= 0.3 is 0 Å². The van der Waals surface area contributed by atoms with Crippen molar-refractivity contribution in [1.82, 2.24) is 0 Å². The lowest BCUT2D eigenvalue weighted by Crippen LogP contribution is -2.61. The van der Waals surface area contributed by atoms with Gasteiger partial charge in [-0.25, -0.2) is 0 Å². The lowest BCUT2D eigenvalue weighted by Gasteiger charge is -2.48.